The summed E-state index contributed by atoms with van der Waals surface area (Å²) < 4.78 is 0. The molecular weight excluding hydrogens is 288 g/mol. The number of hydrogen-bond acceptors (Lipinski definition) is 5. The van der Waals surface area contributed by atoms with Crippen molar-refractivity contribution in [2.45, 2.75) is 13.8 Å². The number of benzene rings is 1. The molecule has 2 aromatic rings. The fourth-order valence-electron chi connectivity index (χ4n) is 1.77. The monoisotopic (exact) mass is 302 g/mol. The number of carbonyl (C=O) groups excluding carboxylic acids is 1. The van der Waals surface area contributed by atoms with Gasteiger partial charge in [0.05, 0.1) is 5.71 Å². The largest absolute Gasteiger partial charge is 0.494 e. The summed E-state index contributed by atoms with van der Waals surface area (Å²) in [6.07, 6.45) is 0. The van der Waals surface area contributed by atoms with E-state index in [1.807, 2.05) is 16.9 Å². The Morgan fingerprint density at radius 2 is 1.82 bits per heavy atom. The van der Waals surface area contributed by atoms with E-state index in [0.717, 1.165) is 5.56 Å². The van der Waals surface area contributed by atoms with Crippen molar-refractivity contribution >= 4 is 11.6 Å². The summed E-state index contributed by atoms with van der Waals surface area (Å²) in [5.74, 6) is -1.07. The molecule has 8 nitrogen and oxygen atoms in total. The van der Waals surface area contributed by atoms with Crippen LogP contribution in [-0.2, 0) is 0 Å². The smallest absolute Gasteiger partial charge is 0.328 e. The minimum Gasteiger partial charge on any atom is -0.494 e. The predicted molar refractivity (Wildman–Crippen MR) is 80.2 cm³/mol. The molecule has 0 unspecified atom stereocenters. The Morgan fingerprint density at radius 3 is 2.41 bits per heavy atom. The average molecular weight is 302 g/mol. The summed E-state index contributed by atoms with van der Waals surface area (Å²) in [6, 6.07) is 6.84. The number of hydrazone groups is 1. The van der Waals surface area contributed by atoms with E-state index in [2.05, 4.69) is 10.5 Å². The lowest BCUT2D eigenvalue weighted by Gasteiger charge is -2.04. The van der Waals surface area contributed by atoms with Gasteiger partial charge in [-0.2, -0.15) is 5.10 Å². The van der Waals surface area contributed by atoms with Gasteiger partial charge in [-0.1, -0.05) is 17.7 Å². The normalized spacial score (nSPS) is 11.3. The zero-order chi connectivity index (χ0) is 16.3. The van der Waals surface area contributed by atoms with Gasteiger partial charge < -0.3 is 5.11 Å². The number of aromatic amines is 2. The van der Waals surface area contributed by atoms with Gasteiger partial charge in [0.15, 0.2) is 0 Å². The molecule has 0 saturated heterocycles. The van der Waals surface area contributed by atoms with Crippen LogP contribution in [0.3, 0.4) is 0 Å². The molecular formula is C14H14N4O4. The van der Waals surface area contributed by atoms with Crippen molar-refractivity contribution in [1.82, 2.24) is 15.4 Å². The van der Waals surface area contributed by atoms with E-state index in [1.54, 1.807) is 24.3 Å². The van der Waals surface area contributed by atoms with Crippen LogP contribution >= 0.6 is 0 Å². The Kier molecular flexibility index (Phi) is 4.21. The number of aromatic nitrogens is 2. The Morgan fingerprint density at radius 1 is 1.18 bits per heavy atom. The zero-order valence-electron chi connectivity index (χ0n) is 11.9. The maximum atomic E-state index is 11.9. The SMILES string of the molecule is C/C(=N\NC(=O)c1ccc(C)cc1)c1c(O)[nH]c(=O)[nH]c1=O. The number of carbonyl (C=O) groups is 1. The summed E-state index contributed by atoms with van der Waals surface area (Å²) in [6.45, 7) is 3.31. The van der Waals surface area contributed by atoms with E-state index < -0.39 is 23.0 Å². The Hall–Kier alpha value is -3.16. The van der Waals surface area contributed by atoms with Crippen molar-refractivity contribution < 1.29 is 9.90 Å². The number of rotatable bonds is 3. The Bertz CT molecular complexity index is 846. The molecule has 0 spiro atoms. The Balaban J connectivity index is 2.23. The molecule has 0 aliphatic rings. The van der Waals surface area contributed by atoms with E-state index in [4.69, 9.17) is 0 Å². The van der Waals surface area contributed by atoms with Crippen LogP contribution in [-0.4, -0.2) is 26.7 Å². The number of aromatic hydroxyl groups is 1. The third kappa shape index (κ3) is 3.29. The lowest BCUT2D eigenvalue weighted by molar-refractivity contribution is 0.0955. The molecule has 8 heteroatoms. The quantitative estimate of drug-likeness (QED) is 0.478. The molecule has 114 valence electrons. The van der Waals surface area contributed by atoms with Gasteiger partial charge in [0.1, 0.15) is 5.56 Å². The zero-order valence-corrected chi connectivity index (χ0v) is 11.9. The second-order valence-electron chi connectivity index (χ2n) is 4.64. The summed E-state index contributed by atoms with van der Waals surface area (Å²) in [5.41, 5.74) is 1.90. The van der Waals surface area contributed by atoms with Gasteiger partial charge in [0.2, 0.25) is 5.88 Å². The van der Waals surface area contributed by atoms with Crippen molar-refractivity contribution in [3.63, 3.8) is 0 Å². The predicted octanol–water partition coefficient (Wildman–Crippen LogP) is 0.231. The van der Waals surface area contributed by atoms with Crippen LogP contribution in [0.5, 0.6) is 5.88 Å². The molecule has 0 saturated carbocycles. The van der Waals surface area contributed by atoms with Gasteiger partial charge in [-0.15, -0.1) is 0 Å². The number of nitrogens with one attached hydrogen (secondary N) is 3. The van der Waals surface area contributed by atoms with E-state index in [-0.39, 0.29) is 11.3 Å². The first-order chi connectivity index (χ1) is 10.4. The molecule has 0 aliphatic carbocycles. The molecule has 1 aromatic heterocycles. The topological polar surface area (TPSA) is 127 Å². The minimum atomic E-state index is -0.831. The second-order valence-corrected chi connectivity index (χ2v) is 4.64. The maximum absolute atomic E-state index is 11.9. The highest BCUT2D eigenvalue weighted by Gasteiger charge is 2.12. The summed E-state index contributed by atoms with van der Waals surface area (Å²) in [5, 5.41) is 13.3. The number of H-pyrrole nitrogens is 2. The third-order valence-corrected chi connectivity index (χ3v) is 2.92. The first-order valence-electron chi connectivity index (χ1n) is 6.35. The molecule has 0 atom stereocenters. The van der Waals surface area contributed by atoms with Gasteiger partial charge in [0.25, 0.3) is 11.5 Å². The highest BCUT2D eigenvalue weighted by Crippen LogP contribution is 2.06. The van der Waals surface area contributed by atoms with Crippen molar-refractivity contribution in [3.05, 3.63) is 61.8 Å². The second kappa shape index (κ2) is 6.08. The van der Waals surface area contributed by atoms with Crippen molar-refractivity contribution in [3.8, 4) is 5.88 Å². The highest BCUT2D eigenvalue weighted by molar-refractivity contribution is 6.01. The number of nitrogens with zero attached hydrogens (tertiary/aromatic N) is 1. The third-order valence-electron chi connectivity index (χ3n) is 2.92. The minimum absolute atomic E-state index is 0.0514. The van der Waals surface area contributed by atoms with Crippen LogP contribution in [0, 0.1) is 6.92 Å². The molecule has 0 radical (unpaired) electrons. The molecule has 1 amide bonds. The van der Waals surface area contributed by atoms with Gasteiger partial charge in [-0.05, 0) is 26.0 Å². The first kappa shape index (κ1) is 15.2. The van der Waals surface area contributed by atoms with Gasteiger partial charge >= 0.3 is 5.69 Å². The first-order valence-corrected chi connectivity index (χ1v) is 6.35. The molecule has 0 bridgehead atoms. The highest BCUT2D eigenvalue weighted by atomic mass is 16.3. The van der Waals surface area contributed by atoms with Gasteiger partial charge in [-0.25, -0.2) is 10.2 Å². The molecule has 22 heavy (non-hydrogen) atoms. The molecule has 0 aliphatic heterocycles. The van der Waals surface area contributed by atoms with E-state index >= 15 is 0 Å². The molecule has 1 heterocycles. The number of hydrogen-bond donors (Lipinski definition) is 4. The van der Waals surface area contributed by atoms with E-state index in [9.17, 15) is 19.5 Å². The summed E-state index contributed by atoms with van der Waals surface area (Å²) >= 11 is 0. The lowest BCUT2D eigenvalue weighted by atomic mass is 10.1. The van der Waals surface area contributed by atoms with Crippen LogP contribution in [0.25, 0.3) is 0 Å². The fourth-order valence-corrected chi connectivity index (χ4v) is 1.77. The van der Waals surface area contributed by atoms with Gasteiger partial charge in [0, 0.05) is 5.56 Å². The summed E-state index contributed by atoms with van der Waals surface area (Å²) in [4.78, 5) is 38.5. The van der Waals surface area contributed by atoms with Crippen LogP contribution < -0.4 is 16.7 Å². The van der Waals surface area contributed by atoms with Crippen LogP contribution in [0.2, 0.25) is 0 Å². The molecule has 0 fully saturated rings. The van der Waals surface area contributed by atoms with Crippen LogP contribution in [0.1, 0.15) is 28.4 Å². The molecule has 4 N–H and O–H groups in total. The average Bonchev–Trinajstić information content (AvgIpc) is 2.44. The van der Waals surface area contributed by atoms with Gasteiger partial charge in [-0.3, -0.25) is 19.6 Å². The summed E-state index contributed by atoms with van der Waals surface area (Å²) in [7, 11) is 0. The van der Waals surface area contributed by atoms with Crippen molar-refractivity contribution in [1.29, 1.82) is 0 Å². The number of amides is 1. The standard InChI is InChI=1S/C14H14N4O4/c1-7-3-5-9(6-4-7)11(19)18-17-8(2)10-12(20)15-14(22)16-13(10)21/h3-6H,1-2H3,(H,18,19)(H3,15,16,20,21,22)/b17-8+. The van der Waals surface area contributed by atoms with Crippen LogP contribution in [0.15, 0.2) is 39.0 Å². The van der Waals surface area contributed by atoms with E-state index in [1.165, 1.54) is 6.92 Å². The lowest BCUT2D eigenvalue weighted by Crippen LogP contribution is -2.28. The van der Waals surface area contributed by atoms with Crippen molar-refractivity contribution in [2.24, 2.45) is 5.10 Å². The van der Waals surface area contributed by atoms with E-state index in [0.29, 0.717) is 5.56 Å². The Labute approximate surface area is 124 Å². The maximum Gasteiger partial charge on any atom is 0.328 e. The van der Waals surface area contributed by atoms with Crippen LogP contribution in [0.4, 0.5) is 0 Å². The fraction of sp³-hybridized carbons (Fsp3) is 0.143. The molecule has 1 aromatic carbocycles. The molecule has 2 rings (SSSR count). The number of aryl methyl sites for hydroxylation is 1. The van der Waals surface area contributed by atoms with Crippen molar-refractivity contribution in [2.75, 3.05) is 0 Å².